The van der Waals surface area contributed by atoms with Gasteiger partial charge in [0, 0.05) is 70.2 Å². The topological polar surface area (TPSA) is 44.6 Å². The first-order valence-corrected chi connectivity index (χ1v) is 9.68. The van der Waals surface area contributed by atoms with Crippen LogP contribution in [-0.4, -0.2) is 81.5 Å². The molecule has 1 saturated heterocycles. The molecule has 0 N–H and O–H groups in total. The van der Waals surface area contributed by atoms with Crippen LogP contribution in [0.1, 0.15) is 40.4 Å². The number of hydrogen-bond acceptors (Lipinski definition) is 4. The summed E-state index contributed by atoms with van der Waals surface area (Å²) >= 11 is 0. The van der Waals surface area contributed by atoms with Crippen molar-refractivity contribution in [2.24, 2.45) is 0 Å². The molecular formula is C19H35N5O. The van der Waals surface area contributed by atoms with Crippen molar-refractivity contribution in [1.82, 2.24) is 24.3 Å². The standard InChI is InChI=1S/C19H35N5O/c1-6-18-20-7-8-23(18)14-13-21-9-11-22(12-10-21)15-19(25)24(16(2)3)17(4)5/h7-8,16-17H,6,9-15H2,1-5H3. The van der Waals surface area contributed by atoms with E-state index in [1.54, 1.807) is 0 Å². The minimum absolute atomic E-state index is 0.254. The molecule has 0 aliphatic carbocycles. The lowest BCUT2D eigenvalue weighted by molar-refractivity contribution is -0.136. The van der Waals surface area contributed by atoms with E-state index in [4.69, 9.17) is 0 Å². The second-order valence-electron chi connectivity index (χ2n) is 7.50. The average molecular weight is 350 g/mol. The molecule has 0 unspecified atom stereocenters. The summed E-state index contributed by atoms with van der Waals surface area (Å²) in [6, 6.07) is 0.522. The lowest BCUT2D eigenvalue weighted by Gasteiger charge is -2.37. The zero-order valence-electron chi connectivity index (χ0n) is 16.6. The van der Waals surface area contributed by atoms with Gasteiger partial charge in [0.15, 0.2) is 0 Å². The number of carbonyl (C=O) groups excluding carboxylic acids is 1. The molecule has 0 spiro atoms. The number of rotatable bonds is 8. The van der Waals surface area contributed by atoms with Gasteiger partial charge in [-0.25, -0.2) is 4.98 Å². The van der Waals surface area contributed by atoms with Gasteiger partial charge in [0.1, 0.15) is 5.82 Å². The molecule has 0 radical (unpaired) electrons. The Hall–Kier alpha value is -1.40. The Morgan fingerprint density at radius 2 is 1.68 bits per heavy atom. The van der Waals surface area contributed by atoms with Crippen molar-refractivity contribution >= 4 is 5.91 Å². The molecule has 142 valence electrons. The van der Waals surface area contributed by atoms with Crippen molar-refractivity contribution in [3.8, 4) is 0 Å². The molecule has 6 heteroatoms. The van der Waals surface area contributed by atoms with Gasteiger partial charge < -0.3 is 9.47 Å². The molecule has 0 saturated carbocycles. The summed E-state index contributed by atoms with van der Waals surface area (Å²) in [6.45, 7) is 17.1. The van der Waals surface area contributed by atoms with Gasteiger partial charge in [-0.1, -0.05) is 6.92 Å². The predicted octanol–water partition coefficient (Wildman–Crippen LogP) is 1.71. The average Bonchev–Trinajstić information content (AvgIpc) is 3.01. The molecule has 6 nitrogen and oxygen atoms in total. The summed E-state index contributed by atoms with van der Waals surface area (Å²) < 4.78 is 2.25. The molecule has 1 aliphatic rings. The zero-order valence-corrected chi connectivity index (χ0v) is 16.6. The normalized spacial score (nSPS) is 16.8. The lowest BCUT2D eigenvalue weighted by atomic mass is 10.2. The Morgan fingerprint density at radius 1 is 1.08 bits per heavy atom. The maximum absolute atomic E-state index is 12.6. The van der Waals surface area contributed by atoms with Crippen molar-refractivity contribution in [2.45, 2.75) is 59.7 Å². The third-order valence-corrected chi connectivity index (χ3v) is 5.00. The minimum Gasteiger partial charge on any atom is -0.337 e. The van der Waals surface area contributed by atoms with Gasteiger partial charge in [0.05, 0.1) is 6.54 Å². The highest BCUT2D eigenvalue weighted by atomic mass is 16.2. The first-order valence-electron chi connectivity index (χ1n) is 9.68. The van der Waals surface area contributed by atoms with Gasteiger partial charge in [0.2, 0.25) is 5.91 Å². The van der Waals surface area contributed by atoms with Crippen molar-refractivity contribution in [3.63, 3.8) is 0 Å². The Morgan fingerprint density at radius 3 is 2.24 bits per heavy atom. The van der Waals surface area contributed by atoms with Crippen molar-refractivity contribution in [3.05, 3.63) is 18.2 Å². The zero-order chi connectivity index (χ0) is 18.4. The van der Waals surface area contributed by atoms with Gasteiger partial charge in [-0.2, -0.15) is 0 Å². The molecular weight excluding hydrogens is 314 g/mol. The number of carbonyl (C=O) groups is 1. The molecule has 2 heterocycles. The number of amides is 1. The first-order chi connectivity index (χ1) is 11.9. The van der Waals surface area contributed by atoms with Crippen LogP contribution in [0.3, 0.4) is 0 Å². The van der Waals surface area contributed by atoms with E-state index in [2.05, 4.69) is 60.2 Å². The van der Waals surface area contributed by atoms with Gasteiger partial charge in [0.25, 0.3) is 0 Å². The summed E-state index contributed by atoms with van der Waals surface area (Å²) in [5.41, 5.74) is 0. The number of piperazine rings is 1. The van der Waals surface area contributed by atoms with Crippen LogP contribution in [0.4, 0.5) is 0 Å². The van der Waals surface area contributed by atoms with Crippen LogP contribution in [0, 0.1) is 0 Å². The van der Waals surface area contributed by atoms with Crippen LogP contribution in [0.25, 0.3) is 0 Å². The molecule has 1 fully saturated rings. The highest BCUT2D eigenvalue weighted by molar-refractivity contribution is 5.78. The van der Waals surface area contributed by atoms with Crippen LogP contribution >= 0.6 is 0 Å². The van der Waals surface area contributed by atoms with Crippen LogP contribution in [0.15, 0.2) is 12.4 Å². The number of imidazole rings is 1. The molecule has 1 aliphatic heterocycles. The molecule has 1 aromatic heterocycles. The molecule has 1 aromatic rings. The Kier molecular flexibility index (Phi) is 7.44. The quantitative estimate of drug-likeness (QED) is 0.717. The number of aryl methyl sites for hydroxylation is 1. The Bertz CT molecular complexity index is 524. The second kappa shape index (κ2) is 9.34. The van der Waals surface area contributed by atoms with E-state index < -0.39 is 0 Å². The van der Waals surface area contributed by atoms with Gasteiger partial charge >= 0.3 is 0 Å². The van der Waals surface area contributed by atoms with Gasteiger partial charge in [-0.05, 0) is 27.7 Å². The van der Waals surface area contributed by atoms with E-state index >= 15 is 0 Å². The maximum Gasteiger partial charge on any atom is 0.237 e. The van der Waals surface area contributed by atoms with Gasteiger partial charge in [-0.15, -0.1) is 0 Å². The Balaban J connectivity index is 1.75. The summed E-state index contributed by atoms with van der Waals surface area (Å²) in [7, 11) is 0. The van der Waals surface area contributed by atoms with Crippen molar-refractivity contribution in [1.29, 1.82) is 0 Å². The molecule has 0 aromatic carbocycles. The number of hydrogen-bond donors (Lipinski definition) is 0. The fourth-order valence-corrected chi connectivity index (χ4v) is 3.72. The third kappa shape index (κ3) is 5.54. The fourth-order valence-electron chi connectivity index (χ4n) is 3.72. The summed E-state index contributed by atoms with van der Waals surface area (Å²) in [4.78, 5) is 23.8. The SMILES string of the molecule is CCc1nccn1CCN1CCN(CC(=O)N(C(C)C)C(C)C)CC1. The molecule has 0 atom stereocenters. The van der Waals surface area contributed by atoms with Crippen molar-refractivity contribution in [2.75, 3.05) is 39.3 Å². The fraction of sp³-hybridized carbons (Fsp3) is 0.789. The highest BCUT2D eigenvalue weighted by Crippen LogP contribution is 2.09. The van der Waals surface area contributed by atoms with E-state index in [0.29, 0.717) is 6.54 Å². The molecule has 2 rings (SSSR count). The first kappa shape index (κ1) is 19.9. The summed E-state index contributed by atoms with van der Waals surface area (Å²) in [6.07, 6.45) is 4.93. The second-order valence-corrected chi connectivity index (χ2v) is 7.50. The van der Waals surface area contributed by atoms with E-state index in [9.17, 15) is 4.79 Å². The summed E-state index contributed by atoms with van der Waals surface area (Å²) in [5, 5.41) is 0. The van der Waals surface area contributed by atoms with Gasteiger partial charge in [-0.3, -0.25) is 14.6 Å². The van der Waals surface area contributed by atoms with E-state index in [1.807, 2.05) is 11.1 Å². The maximum atomic E-state index is 12.6. The third-order valence-electron chi connectivity index (χ3n) is 5.00. The van der Waals surface area contributed by atoms with Crippen LogP contribution < -0.4 is 0 Å². The number of aromatic nitrogens is 2. The Labute approximate surface area is 152 Å². The largest absolute Gasteiger partial charge is 0.337 e. The number of nitrogens with zero attached hydrogens (tertiary/aromatic N) is 5. The van der Waals surface area contributed by atoms with Crippen molar-refractivity contribution < 1.29 is 4.79 Å². The molecule has 0 bridgehead atoms. The minimum atomic E-state index is 0.254. The van der Waals surface area contributed by atoms with Crippen LogP contribution in [0.5, 0.6) is 0 Å². The van der Waals surface area contributed by atoms with E-state index in [1.165, 1.54) is 0 Å². The van der Waals surface area contributed by atoms with Crippen LogP contribution in [0.2, 0.25) is 0 Å². The lowest BCUT2D eigenvalue weighted by Crippen LogP contribution is -2.52. The van der Waals surface area contributed by atoms with E-state index in [-0.39, 0.29) is 18.0 Å². The summed E-state index contributed by atoms with van der Waals surface area (Å²) in [5.74, 6) is 1.41. The predicted molar refractivity (Wildman–Crippen MR) is 102 cm³/mol. The molecule has 25 heavy (non-hydrogen) atoms. The molecule has 1 amide bonds. The monoisotopic (exact) mass is 349 g/mol. The van der Waals surface area contributed by atoms with Crippen LogP contribution in [-0.2, 0) is 17.8 Å². The van der Waals surface area contributed by atoms with E-state index in [0.717, 1.165) is 51.5 Å². The smallest absolute Gasteiger partial charge is 0.237 e. The highest BCUT2D eigenvalue weighted by Gasteiger charge is 2.24.